The summed E-state index contributed by atoms with van der Waals surface area (Å²) in [6.07, 6.45) is 3.38. The maximum Gasteiger partial charge on any atom is 0.256 e. The monoisotopic (exact) mass is 250 g/mol. The van der Waals surface area contributed by atoms with Crippen LogP contribution in [0, 0.1) is 5.92 Å². The van der Waals surface area contributed by atoms with Crippen LogP contribution in [0.25, 0.3) is 0 Å². The van der Waals surface area contributed by atoms with Crippen molar-refractivity contribution in [1.82, 2.24) is 9.88 Å². The van der Waals surface area contributed by atoms with Gasteiger partial charge in [0.1, 0.15) is 0 Å². The lowest BCUT2D eigenvalue weighted by molar-refractivity contribution is 0.0298. The van der Waals surface area contributed by atoms with Crippen LogP contribution in [0.2, 0.25) is 0 Å². The van der Waals surface area contributed by atoms with E-state index in [-0.39, 0.29) is 17.9 Å². The highest BCUT2D eigenvalue weighted by molar-refractivity contribution is 5.99. The van der Waals surface area contributed by atoms with Crippen LogP contribution in [-0.4, -0.2) is 40.1 Å². The van der Waals surface area contributed by atoms with Gasteiger partial charge in [0.25, 0.3) is 5.91 Å². The van der Waals surface area contributed by atoms with Crippen molar-refractivity contribution in [2.45, 2.75) is 19.4 Å². The van der Waals surface area contributed by atoms with Gasteiger partial charge in [0.15, 0.2) is 0 Å². The molecule has 0 bridgehead atoms. The predicted molar refractivity (Wildman–Crippen MR) is 67.7 cm³/mol. The van der Waals surface area contributed by atoms with Gasteiger partial charge in [-0.2, -0.15) is 0 Å². The van der Waals surface area contributed by atoms with Crippen molar-refractivity contribution >= 4 is 11.6 Å². The molecule has 1 fully saturated rings. The van der Waals surface area contributed by atoms with Crippen molar-refractivity contribution in [3.63, 3.8) is 0 Å². The Balaban J connectivity index is 2.16. The normalized spacial score (nSPS) is 23.8. The lowest BCUT2D eigenvalue weighted by Gasteiger charge is -2.34. The minimum absolute atomic E-state index is 0.0795. The molecule has 0 aromatic carbocycles. The number of hydrogen-bond acceptors (Lipinski definition) is 5. The topological polar surface area (TPSA) is 91.5 Å². The van der Waals surface area contributed by atoms with E-state index in [0.29, 0.717) is 30.8 Å². The van der Waals surface area contributed by atoms with Gasteiger partial charge in [0.2, 0.25) is 0 Å². The summed E-state index contributed by atoms with van der Waals surface area (Å²) >= 11 is 0. The average Bonchev–Trinajstić information content (AvgIpc) is 2.41. The number of hydrazine groups is 1. The summed E-state index contributed by atoms with van der Waals surface area (Å²) in [7, 11) is 0. The molecular formula is C12H18N4O2. The largest absolute Gasteiger partial charge is 0.393 e. The molecule has 1 aliphatic heterocycles. The number of nitrogens with zero attached hydrogens (tertiary/aromatic N) is 2. The first-order valence-electron chi connectivity index (χ1n) is 6.01. The number of likely N-dealkylation sites (tertiary alicyclic amines) is 1. The van der Waals surface area contributed by atoms with E-state index in [4.69, 9.17) is 5.84 Å². The van der Waals surface area contributed by atoms with Gasteiger partial charge in [0.05, 0.1) is 23.6 Å². The molecule has 0 spiro atoms. The van der Waals surface area contributed by atoms with Crippen LogP contribution in [0.15, 0.2) is 18.5 Å². The lowest BCUT2D eigenvalue weighted by Crippen LogP contribution is -2.45. The number of nitrogen functional groups attached to an aromatic ring is 1. The van der Waals surface area contributed by atoms with Gasteiger partial charge >= 0.3 is 0 Å². The molecule has 18 heavy (non-hydrogen) atoms. The van der Waals surface area contributed by atoms with Crippen molar-refractivity contribution < 1.29 is 9.90 Å². The summed E-state index contributed by atoms with van der Waals surface area (Å²) in [6, 6.07) is 1.65. The zero-order chi connectivity index (χ0) is 13.1. The van der Waals surface area contributed by atoms with E-state index in [1.54, 1.807) is 17.2 Å². The number of hydrogen-bond donors (Lipinski definition) is 3. The fourth-order valence-corrected chi connectivity index (χ4v) is 2.18. The molecule has 1 aliphatic rings. The third kappa shape index (κ3) is 2.44. The minimum atomic E-state index is -0.321. The fraction of sp³-hybridized carbons (Fsp3) is 0.500. The first kappa shape index (κ1) is 12.8. The highest BCUT2D eigenvalue weighted by Gasteiger charge is 2.28. The summed E-state index contributed by atoms with van der Waals surface area (Å²) in [4.78, 5) is 18.0. The first-order chi connectivity index (χ1) is 8.63. The Morgan fingerprint density at radius 1 is 1.67 bits per heavy atom. The van der Waals surface area contributed by atoms with E-state index in [1.165, 1.54) is 6.20 Å². The second kappa shape index (κ2) is 5.32. The summed E-state index contributed by atoms with van der Waals surface area (Å²) < 4.78 is 0. The fourth-order valence-electron chi connectivity index (χ4n) is 2.18. The molecule has 1 amide bonds. The Labute approximate surface area is 106 Å². The van der Waals surface area contributed by atoms with Crippen LogP contribution < -0.4 is 11.3 Å². The Morgan fingerprint density at radius 3 is 3.11 bits per heavy atom. The van der Waals surface area contributed by atoms with Crippen LogP contribution in [0.1, 0.15) is 23.7 Å². The van der Waals surface area contributed by atoms with Crippen LogP contribution in [-0.2, 0) is 0 Å². The molecule has 2 heterocycles. The van der Waals surface area contributed by atoms with E-state index in [0.717, 1.165) is 0 Å². The van der Waals surface area contributed by atoms with Crippen molar-refractivity contribution in [1.29, 1.82) is 0 Å². The number of aromatic nitrogens is 1. The molecule has 6 nitrogen and oxygen atoms in total. The SMILES string of the molecule is CC1CN(C(=O)c2ccncc2NN)CCC1O. The van der Waals surface area contributed by atoms with E-state index < -0.39 is 0 Å². The minimum Gasteiger partial charge on any atom is -0.393 e. The molecule has 98 valence electrons. The molecule has 2 unspecified atom stereocenters. The van der Waals surface area contributed by atoms with Gasteiger partial charge < -0.3 is 15.4 Å². The number of pyridine rings is 1. The average molecular weight is 250 g/mol. The van der Waals surface area contributed by atoms with E-state index in [1.807, 2.05) is 6.92 Å². The van der Waals surface area contributed by atoms with Crippen molar-refractivity contribution in [2.75, 3.05) is 18.5 Å². The quantitative estimate of drug-likeness (QED) is 0.515. The summed E-state index contributed by atoms with van der Waals surface area (Å²) in [5.74, 6) is 5.38. The van der Waals surface area contributed by atoms with Gasteiger partial charge in [-0.1, -0.05) is 6.92 Å². The zero-order valence-corrected chi connectivity index (χ0v) is 10.3. The number of carbonyl (C=O) groups excluding carboxylic acids is 1. The van der Waals surface area contributed by atoms with Gasteiger partial charge in [-0.3, -0.25) is 15.6 Å². The summed E-state index contributed by atoms with van der Waals surface area (Å²) in [6.45, 7) is 3.07. The van der Waals surface area contributed by atoms with Crippen LogP contribution >= 0.6 is 0 Å². The molecule has 0 radical (unpaired) electrons. The number of amides is 1. The van der Waals surface area contributed by atoms with Gasteiger partial charge in [-0.25, -0.2) is 0 Å². The second-order valence-corrected chi connectivity index (χ2v) is 4.65. The number of nitrogens with two attached hydrogens (primary N) is 1. The molecule has 1 aromatic rings. The van der Waals surface area contributed by atoms with Crippen molar-refractivity contribution in [3.05, 3.63) is 24.0 Å². The number of nitrogens with one attached hydrogen (secondary N) is 1. The van der Waals surface area contributed by atoms with E-state index in [2.05, 4.69) is 10.4 Å². The summed E-state index contributed by atoms with van der Waals surface area (Å²) in [5, 5.41) is 9.67. The van der Waals surface area contributed by atoms with Crippen molar-refractivity contribution in [3.8, 4) is 0 Å². The molecule has 1 aromatic heterocycles. The molecule has 2 rings (SSSR count). The van der Waals surface area contributed by atoms with Gasteiger partial charge in [-0.15, -0.1) is 0 Å². The Morgan fingerprint density at radius 2 is 2.44 bits per heavy atom. The first-order valence-corrected chi connectivity index (χ1v) is 6.01. The third-order valence-corrected chi connectivity index (χ3v) is 3.35. The molecule has 0 saturated carbocycles. The Bertz CT molecular complexity index is 438. The second-order valence-electron chi connectivity index (χ2n) is 4.65. The van der Waals surface area contributed by atoms with Crippen LogP contribution in [0.4, 0.5) is 5.69 Å². The number of aliphatic hydroxyl groups excluding tert-OH is 1. The standard InChI is InChI=1S/C12H18N4O2/c1-8-7-16(5-3-11(8)17)12(18)9-2-4-14-6-10(9)15-13/h2,4,6,8,11,15,17H,3,5,7,13H2,1H3. The summed E-state index contributed by atoms with van der Waals surface area (Å²) in [5.41, 5.74) is 3.50. The number of rotatable bonds is 2. The molecule has 1 saturated heterocycles. The van der Waals surface area contributed by atoms with Gasteiger partial charge in [0, 0.05) is 19.3 Å². The van der Waals surface area contributed by atoms with Gasteiger partial charge in [-0.05, 0) is 18.4 Å². The molecule has 0 aliphatic carbocycles. The van der Waals surface area contributed by atoms with Crippen LogP contribution in [0.5, 0.6) is 0 Å². The molecule has 6 heteroatoms. The maximum atomic E-state index is 12.4. The molecule has 4 N–H and O–H groups in total. The van der Waals surface area contributed by atoms with E-state index >= 15 is 0 Å². The Kier molecular flexibility index (Phi) is 3.78. The highest BCUT2D eigenvalue weighted by atomic mass is 16.3. The predicted octanol–water partition coefficient (Wildman–Crippen LogP) is 0.210. The molecule has 2 atom stereocenters. The smallest absolute Gasteiger partial charge is 0.256 e. The molecular weight excluding hydrogens is 232 g/mol. The zero-order valence-electron chi connectivity index (χ0n) is 10.3. The third-order valence-electron chi connectivity index (χ3n) is 3.35. The number of anilines is 1. The number of piperidine rings is 1. The lowest BCUT2D eigenvalue weighted by atomic mass is 9.96. The number of aliphatic hydroxyl groups is 1. The van der Waals surface area contributed by atoms with Crippen molar-refractivity contribution in [2.24, 2.45) is 11.8 Å². The Hall–Kier alpha value is -1.66. The highest BCUT2D eigenvalue weighted by Crippen LogP contribution is 2.21. The number of carbonyl (C=O) groups is 1. The maximum absolute atomic E-state index is 12.4. The van der Waals surface area contributed by atoms with Crippen LogP contribution in [0.3, 0.4) is 0 Å². The van der Waals surface area contributed by atoms with E-state index in [9.17, 15) is 9.90 Å².